The highest BCUT2D eigenvalue weighted by Crippen LogP contribution is 2.25. The van der Waals surface area contributed by atoms with E-state index < -0.39 is 0 Å². The molecule has 0 bridgehead atoms. The van der Waals surface area contributed by atoms with Crippen molar-refractivity contribution in [2.75, 3.05) is 13.1 Å². The zero-order chi connectivity index (χ0) is 13.3. The molecule has 0 spiro atoms. The summed E-state index contributed by atoms with van der Waals surface area (Å²) in [6, 6.07) is 8.13. The summed E-state index contributed by atoms with van der Waals surface area (Å²) in [5.41, 5.74) is 2.27. The average Bonchev–Trinajstić information content (AvgIpc) is 2.73. The Morgan fingerprint density at radius 3 is 2.22 bits per heavy atom. The first-order valence-electron chi connectivity index (χ1n) is 6.75. The monoisotopic (exact) mass is 245 g/mol. The minimum absolute atomic E-state index is 0.143. The SMILES string of the molecule is CC1CNCC1C(=O)c1ccc(C(C)(C)C)cc1. The highest BCUT2D eigenvalue weighted by atomic mass is 16.1. The van der Waals surface area contributed by atoms with E-state index in [4.69, 9.17) is 0 Å². The van der Waals surface area contributed by atoms with Crippen LogP contribution in [0.4, 0.5) is 0 Å². The molecule has 0 aliphatic carbocycles. The maximum absolute atomic E-state index is 12.4. The van der Waals surface area contributed by atoms with E-state index in [-0.39, 0.29) is 17.1 Å². The van der Waals surface area contributed by atoms with Gasteiger partial charge < -0.3 is 5.32 Å². The Morgan fingerprint density at radius 2 is 1.78 bits per heavy atom. The van der Waals surface area contributed by atoms with Gasteiger partial charge in [0.25, 0.3) is 0 Å². The van der Waals surface area contributed by atoms with Gasteiger partial charge in [-0.3, -0.25) is 4.79 Å². The van der Waals surface area contributed by atoms with Crippen molar-refractivity contribution in [3.8, 4) is 0 Å². The molecular weight excluding hydrogens is 222 g/mol. The summed E-state index contributed by atoms with van der Waals surface area (Å²) in [6.07, 6.45) is 0. The third kappa shape index (κ3) is 2.64. The van der Waals surface area contributed by atoms with Crippen LogP contribution < -0.4 is 5.32 Å². The van der Waals surface area contributed by atoms with Gasteiger partial charge in [0, 0.05) is 18.0 Å². The Labute approximate surface area is 110 Å². The fraction of sp³-hybridized carbons (Fsp3) is 0.562. The second kappa shape index (κ2) is 4.85. The molecule has 0 amide bonds. The van der Waals surface area contributed by atoms with Gasteiger partial charge in [0.05, 0.1) is 0 Å². The number of benzene rings is 1. The van der Waals surface area contributed by atoms with Crippen molar-refractivity contribution in [3.63, 3.8) is 0 Å². The fourth-order valence-corrected chi connectivity index (χ4v) is 2.51. The van der Waals surface area contributed by atoms with E-state index in [9.17, 15) is 4.79 Å². The van der Waals surface area contributed by atoms with Crippen molar-refractivity contribution in [2.24, 2.45) is 11.8 Å². The molecule has 2 rings (SSSR count). The summed E-state index contributed by atoms with van der Waals surface area (Å²) < 4.78 is 0. The Morgan fingerprint density at radius 1 is 1.17 bits per heavy atom. The minimum atomic E-state index is 0.143. The number of hydrogen-bond acceptors (Lipinski definition) is 2. The summed E-state index contributed by atoms with van der Waals surface area (Å²) in [6.45, 7) is 10.5. The molecule has 1 N–H and O–H groups in total. The standard InChI is InChI=1S/C16H23NO/c1-11-9-17-10-14(11)15(18)12-5-7-13(8-6-12)16(2,3)4/h5-8,11,14,17H,9-10H2,1-4H3. The third-order valence-corrected chi connectivity index (χ3v) is 3.89. The number of carbonyl (C=O) groups excluding carboxylic acids is 1. The largest absolute Gasteiger partial charge is 0.316 e. The fourth-order valence-electron chi connectivity index (χ4n) is 2.51. The van der Waals surface area contributed by atoms with Gasteiger partial charge in [0.2, 0.25) is 0 Å². The van der Waals surface area contributed by atoms with Crippen molar-refractivity contribution >= 4 is 5.78 Å². The van der Waals surface area contributed by atoms with Crippen molar-refractivity contribution in [1.82, 2.24) is 5.32 Å². The Hall–Kier alpha value is -1.15. The van der Waals surface area contributed by atoms with Crippen molar-refractivity contribution in [3.05, 3.63) is 35.4 Å². The van der Waals surface area contributed by atoms with E-state index >= 15 is 0 Å². The lowest BCUT2D eigenvalue weighted by Crippen LogP contribution is -2.21. The molecule has 2 atom stereocenters. The lowest BCUT2D eigenvalue weighted by atomic mass is 9.85. The number of hydrogen-bond donors (Lipinski definition) is 1. The molecule has 1 aliphatic rings. The second-order valence-electron chi connectivity index (χ2n) is 6.43. The summed E-state index contributed by atoms with van der Waals surface area (Å²) in [5, 5.41) is 3.29. The number of ketones is 1. The molecule has 0 radical (unpaired) electrons. The van der Waals surface area contributed by atoms with E-state index in [1.807, 2.05) is 12.1 Å². The normalized spacial score (nSPS) is 24.2. The van der Waals surface area contributed by atoms with Crippen LogP contribution in [0.1, 0.15) is 43.6 Å². The molecule has 18 heavy (non-hydrogen) atoms. The van der Waals surface area contributed by atoms with Crippen molar-refractivity contribution in [2.45, 2.75) is 33.1 Å². The number of carbonyl (C=O) groups is 1. The topological polar surface area (TPSA) is 29.1 Å². The molecule has 1 aliphatic heterocycles. The van der Waals surface area contributed by atoms with E-state index in [1.54, 1.807) is 0 Å². The molecule has 2 unspecified atom stereocenters. The summed E-state index contributed by atoms with van der Waals surface area (Å²) >= 11 is 0. The number of rotatable bonds is 2. The van der Waals surface area contributed by atoms with Crippen LogP contribution in [0, 0.1) is 11.8 Å². The smallest absolute Gasteiger partial charge is 0.167 e. The highest BCUT2D eigenvalue weighted by molar-refractivity contribution is 5.98. The summed E-state index contributed by atoms with van der Waals surface area (Å²) in [7, 11) is 0. The van der Waals surface area contributed by atoms with Crippen LogP contribution in [-0.4, -0.2) is 18.9 Å². The Kier molecular flexibility index (Phi) is 3.58. The first kappa shape index (κ1) is 13.3. The molecule has 1 fully saturated rings. The molecular formula is C16H23NO. The maximum atomic E-state index is 12.4. The van der Waals surface area contributed by atoms with E-state index in [1.165, 1.54) is 5.56 Å². The lowest BCUT2D eigenvalue weighted by molar-refractivity contribution is 0.0907. The first-order valence-corrected chi connectivity index (χ1v) is 6.75. The van der Waals surface area contributed by atoms with Crippen molar-refractivity contribution < 1.29 is 4.79 Å². The van der Waals surface area contributed by atoms with Crippen LogP contribution in [0.3, 0.4) is 0 Å². The van der Waals surface area contributed by atoms with Gasteiger partial charge in [0.1, 0.15) is 0 Å². The molecule has 98 valence electrons. The van der Waals surface area contributed by atoms with Gasteiger partial charge in [-0.15, -0.1) is 0 Å². The van der Waals surface area contributed by atoms with Crippen LogP contribution in [-0.2, 0) is 5.41 Å². The summed E-state index contributed by atoms with van der Waals surface area (Å²) in [4.78, 5) is 12.4. The Balaban J connectivity index is 2.17. The van der Waals surface area contributed by atoms with Gasteiger partial charge in [-0.05, 0) is 23.4 Å². The molecule has 2 nitrogen and oxygen atoms in total. The molecule has 1 saturated heterocycles. The summed E-state index contributed by atoms with van der Waals surface area (Å²) in [5.74, 6) is 0.873. The van der Waals surface area contributed by atoms with Crippen LogP contribution in [0.15, 0.2) is 24.3 Å². The maximum Gasteiger partial charge on any atom is 0.167 e. The molecule has 2 heteroatoms. The van der Waals surface area contributed by atoms with Crippen LogP contribution >= 0.6 is 0 Å². The van der Waals surface area contributed by atoms with Crippen molar-refractivity contribution in [1.29, 1.82) is 0 Å². The van der Waals surface area contributed by atoms with E-state index in [2.05, 4.69) is 45.1 Å². The number of Topliss-reactive ketones (excluding diaryl/α,β-unsaturated/α-hetero) is 1. The van der Waals surface area contributed by atoms with Crippen LogP contribution in [0.2, 0.25) is 0 Å². The van der Waals surface area contributed by atoms with Gasteiger partial charge in [-0.1, -0.05) is 52.0 Å². The minimum Gasteiger partial charge on any atom is -0.316 e. The van der Waals surface area contributed by atoms with E-state index in [0.29, 0.717) is 5.92 Å². The second-order valence-corrected chi connectivity index (χ2v) is 6.43. The number of nitrogens with one attached hydrogen (secondary N) is 1. The van der Waals surface area contributed by atoms with Gasteiger partial charge in [0.15, 0.2) is 5.78 Å². The molecule has 0 saturated carbocycles. The van der Waals surface area contributed by atoms with Crippen LogP contribution in [0.5, 0.6) is 0 Å². The Bertz CT molecular complexity index is 427. The molecule has 1 heterocycles. The third-order valence-electron chi connectivity index (χ3n) is 3.89. The van der Waals surface area contributed by atoms with Gasteiger partial charge in [-0.25, -0.2) is 0 Å². The predicted octanol–water partition coefficient (Wildman–Crippen LogP) is 3.02. The lowest BCUT2D eigenvalue weighted by Gasteiger charge is -2.19. The average molecular weight is 245 g/mol. The van der Waals surface area contributed by atoms with Gasteiger partial charge >= 0.3 is 0 Å². The van der Waals surface area contributed by atoms with Gasteiger partial charge in [-0.2, -0.15) is 0 Å². The zero-order valence-corrected chi connectivity index (χ0v) is 11.8. The van der Waals surface area contributed by atoms with E-state index in [0.717, 1.165) is 18.7 Å². The first-order chi connectivity index (χ1) is 8.39. The quantitative estimate of drug-likeness (QED) is 0.811. The molecule has 0 aromatic heterocycles. The van der Waals surface area contributed by atoms with Crippen LogP contribution in [0.25, 0.3) is 0 Å². The molecule has 1 aromatic rings. The highest BCUT2D eigenvalue weighted by Gasteiger charge is 2.30. The molecule has 1 aromatic carbocycles. The zero-order valence-electron chi connectivity index (χ0n) is 11.8. The predicted molar refractivity (Wildman–Crippen MR) is 75.0 cm³/mol.